The summed E-state index contributed by atoms with van der Waals surface area (Å²) in [5, 5.41) is 19.6. The lowest BCUT2D eigenvalue weighted by atomic mass is 10.1. The Balaban J connectivity index is 2.16. The zero-order chi connectivity index (χ0) is 12.4. The molecule has 2 rings (SSSR count). The van der Waals surface area contributed by atoms with Crippen LogP contribution in [0.2, 0.25) is 5.02 Å². The lowest BCUT2D eigenvalue weighted by Gasteiger charge is -2.32. The van der Waals surface area contributed by atoms with Crippen LogP contribution in [0.25, 0.3) is 0 Å². The molecule has 0 spiro atoms. The quantitative estimate of drug-likeness (QED) is 0.853. The summed E-state index contributed by atoms with van der Waals surface area (Å²) in [6.07, 6.45) is 0.898. The molecule has 17 heavy (non-hydrogen) atoms. The van der Waals surface area contributed by atoms with Crippen LogP contribution in [0.3, 0.4) is 0 Å². The molecular formula is C13H18ClNO2. The molecule has 1 aliphatic heterocycles. The second-order valence-electron chi connectivity index (χ2n) is 4.61. The number of hydrogen-bond donors (Lipinski definition) is 2. The molecule has 0 radical (unpaired) electrons. The second-order valence-corrected chi connectivity index (χ2v) is 5.01. The van der Waals surface area contributed by atoms with Gasteiger partial charge < -0.3 is 15.1 Å². The van der Waals surface area contributed by atoms with E-state index in [9.17, 15) is 10.2 Å². The number of halogens is 1. The summed E-state index contributed by atoms with van der Waals surface area (Å²) in [4.78, 5) is 2.18. The molecule has 3 nitrogen and oxygen atoms in total. The number of anilines is 1. The Bertz CT molecular complexity index is 387. The van der Waals surface area contributed by atoms with Crippen molar-refractivity contribution in [3.63, 3.8) is 0 Å². The van der Waals surface area contributed by atoms with E-state index in [1.807, 2.05) is 18.2 Å². The van der Waals surface area contributed by atoms with E-state index in [0.717, 1.165) is 37.2 Å². The molecule has 1 aliphatic rings. The summed E-state index contributed by atoms with van der Waals surface area (Å²) in [6, 6.07) is 5.66. The first kappa shape index (κ1) is 12.7. The molecule has 0 bridgehead atoms. The van der Waals surface area contributed by atoms with Gasteiger partial charge in [0, 0.05) is 13.1 Å². The fourth-order valence-corrected chi connectivity index (χ4v) is 2.45. The lowest BCUT2D eigenvalue weighted by Crippen LogP contribution is -2.35. The smallest absolute Gasteiger partial charge is 0.0762 e. The number of benzene rings is 1. The molecule has 0 amide bonds. The largest absolute Gasteiger partial charge is 0.393 e. The highest BCUT2D eigenvalue weighted by Crippen LogP contribution is 2.30. The van der Waals surface area contributed by atoms with E-state index in [2.05, 4.69) is 4.90 Å². The minimum Gasteiger partial charge on any atom is -0.393 e. The van der Waals surface area contributed by atoms with Crippen LogP contribution in [0.5, 0.6) is 0 Å². The highest BCUT2D eigenvalue weighted by Gasteiger charge is 2.19. The first-order valence-electron chi connectivity index (χ1n) is 5.98. The zero-order valence-corrected chi connectivity index (χ0v) is 10.7. The summed E-state index contributed by atoms with van der Waals surface area (Å²) >= 11 is 6.23. The first-order chi connectivity index (χ1) is 8.08. The minimum absolute atomic E-state index is 0.179. The van der Waals surface area contributed by atoms with Gasteiger partial charge in [-0.2, -0.15) is 0 Å². The van der Waals surface area contributed by atoms with Crippen molar-refractivity contribution >= 4 is 17.3 Å². The van der Waals surface area contributed by atoms with Crippen LogP contribution in [-0.2, 0) is 0 Å². The second kappa shape index (κ2) is 5.25. The van der Waals surface area contributed by atoms with Gasteiger partial charge in [-0.3, -0.25) is 0 Å². The molecule has 0 unspecified atom stereocenters. The van der Waals surface area contributed by atoms with Crippen LogP contribution in [-0.4, -0.2) is 29.4 Å². The standard InChI is InChI=1S/C13H18ClNO2/c1-9(16)10-2-3-13(12(14)8-10)15-6-4-11(17)5-7-15/h2-3,8-9,11,16-17H,4-7H2,1H3/t9-/m1/s1. The average molecular weight is 256 g/mol. The van der Waals surface area contributed by atoms with Crippen molar-refractivity contribution in [3.05, 3.63) is 28.8 Å². The van der Waals surface area contributed by atoms with Crippen molar-refractivity contribution in [1.82, 2.24) is 0 Å². The van der Waals surface area contributed by atoms with Gasteiger partial charge in [0.25, 0.3) is 0 Å². The first-order valence-corrected chi connectivity index (χ1v) is 6.36. The van der Waals surface area contributed by atoms with E-state index in [0.29, 0.717) is 5.02 Å². The van der Waals surface area contributed by atoms with Crippen molar-refractivity contribution in [2.75, 3.05) is 18.0 Å². The SMILES string of the molecule is C[C@@H](O)c1ccc(N2CCC(O)CC2)c(Cl)c1. The van der Waals surface area contributed by atoms with E-state index < -0.39 is 6.10 Å². The van der Waals surface area contributed by atoms with E-state index in [4.69, 9.17) is 11.6 Å². The molecule has 1 aromatic rings. The third kappa shape index (κ3) is 2.92. The number of rotatable bonds is 2. The molecule has 1 aromatic carbocycles. The van der Waals surface area contributed by atoms with Crippen molar-refractivity contribution < 1.29 is 10.2 Å². The molecule has 1 heterocycles. The highest BCUT2D eigenvalue weighted by molar-refractivity contribution is 6.33. The molecule has 1 atom stereocenters. The third-order valence-corrected chi connectivity index (χ3v) is 3.56. The predicted molar refractivity (Wildman–Crippen MR) is 69.5 cm³/mol. The van der Waals surface area contributed by atoms with Crippen molar-refractivity contribution in [2.24, 2.45) is 0 Å². The molecule has 0 saturated carbocycles. The highest BCUT2D eigenvalue weighted by atomic mass is 35.5. The van der Waals surface area contributed by atoms with Crippen LogP contribution in [0, 0.1) is 0 Å². The van der Waals surface area contributed by atoms with Crippen LogP contribution in [0.4, 0.5) is 5.69 Å². The Morgan fingerprint density at radius 2 is 2.00 bits per heavy atom. The van der Waals surface area contributed by atoms with Gasteiger partial charge in [-0.25, -0.2) is 0 Å². The number of piperidine rings is 1. The molecule has 94 valence electrons. The Morgan fingerprint density at radius 1 is 1.35 bits per heavy atom. The van der Waals surface area contributed by atoms with E-state index in [1.165, 1.54) is 0 Å². The maximum atomic E-state index is 9.48. The van der Waals surface area contributed by atoms with E-state index in [1.54, 1.807) is 6.92 Å². The number of aliphatic hydroxyl groups is 2. The summed E-state index contributed by atoms with van der Waals surface area (Å²) in [5.41, 5.74) is 1.82. The number of aliphatic hydroxyl groups excluding tert-OH is 2. The topological polar surface area (TPSA) is 43.7 Å². The van der Waals surface area contributed by atoms with Crippen molar-refractivity contribution in [1.29, 1.82) is 0 Å². The third-order valence-electron chi connectivity index (χ3n) is 3.26. The van der Waals surface area contributed by atoms with Crippen molar-refractivity contribution in [2.45, 2.75) is 32.0 Å². The van der Waals surface area contributed by atoms with Crippen LogP contribution in [0.1, 0.15) is 31.4 Å². The summed E-state index contributed by atoms with van der Waals surface area (Å²) in [5.74, 6) is 0. The molecule has 2 N–H and O–H groups in total. The van der Waals surface area contributed by atoms with Crippen LogP contribution >= 0.6 is 11.6 Å². The Hall–Kier alpha value is -0.770. The van der Waals surface area contributed by atoms with Crippen LogP contribution < -0.4 is 4.90 Å². The lowest BCUT2D eigenvalue weighted by molar-refractivity contribution is 0.145. The van der Waals surface area contributed by atoms with Gasteiger partial charge in [0.1, 0.15) is 0 Å². The fraction of sp³-hybridized carbons (Fsp3) is 0.538. The Labute approximate surface area is 107 Å². The van der Waals surface area contributed by atoms with Gasteiger partial charge in [0.05, 0.1) is 22.9 Å². The normalized spacial score (nSPS) is 19.4. The van der Waals surface area contributed by atoms with E-state index >= 15 is 0 Å². The molecule has 4 heteroatoms. The Kier molecular flexibility index (Phi) is 3.92. The molecule has 0 aromatic heterocycles. The summed E-state index contributed by atoms with van der Waals surface area (Å²) < 4.78 is 0. The minimum atomic E-state index is -0.496. The van der Waals surface area contributed by atoms with E-state index in [-0.39, 0.29) is 6.10 Å². The predicted octanol–water partition coefficient (Wildman–Crippen LogP) is 2.35. The van der Waals surface area contributed by atoms with Gasteiger partial charge in [-0.15, -0.1) is 0 Å². The number of nitrogens with zero attached hydrogens (tertiary/aromatic N) is 1. The monoisotopic (exact) mass is 255 g/mol. The van der Waals surface area contributed by atoms with Crippen molar-refractivity contribution in [3.8, 4) is 0 Å². The fourth-order valence-electron chi connectivity index (χ4n) is 2.15. The molecule has 1 fully saturated rings. The average Bonchev–Trinajstić information content (AvgIpc) is 2.30. The molecule has 0 aliphatic carbocycles. The summed E-state index contributed by atoms with van der Waals surface area (Å²) in [6.45, 7) is 3.38. The van der Waals surface area contributed by atoms with Crippen LogP contribution in [0.15, 0.2) is 18.2 Å². The maximum absolute atomic E-state index is 9.48. The molecule has 1 saturated heterocycles. The number of hydrogen-bond acceptors (Lipinski definition) is 3. The summed E-state index contributed by atoms with van der Waals surface area (Å²) in [7, 11) is 0. The Morgan fingerprint density at radius 3 is 2.53 bits per heavy atom. The molecular weight excluding hydrogens is 238 g/mol. The van der Waals surface area contributed by atoms with Gasteiger partial charge in [0.15, 0.2) is 0 Å². The van der Waals surface area contributed by atoms with Gasteiger partial charge in [-0.1, -0.05) is 17.7 Å². The van der Waals surface area contributed by atoms with Gasteiger partial charge in [-0.05, 0) is 37.5 Å². The van der Waals surface area contributed by atoms with Gasteiger partial charge in [0.2, 0.25) is 0 Å². The maximum Gasteiger partial charge on any atom is 0.0762 e. The zero-order valence-electron chi connectivity index (χ0n) is 9.93. The van der Waals surface area contributed by atoms with Gasteiger partial charge >= 0.3 is 0 Å².